The van der Waals surface area contributed by atoms with Gasteiger partial charge in [-0.3, -0.25) is 0 Å². The zero-order valence-corrected chi connectivity index (χ0v) is 15.2. The van der Waals surface area contributed by atoms with Gasteiger partial charge in [0.2, 0.25) is 0 Å². The molecule has 2 heterocycles. The highest BCUT2D eigenvalue weighted by Gasteiger charge is 2.21. The molecule has 2 aromatic carbocycles. The standard InChI is InChI=1S/C20H19FN4O3/c1-25-9-8-22-19(25)18(13-2-4-14(21)5-3-13)24-20(26)23-15-6-7-16-17(12-15)28-11-10-27-16/h2-9,12,18H,10-11H2,1H3,(H2,23,24,26). The van der Waals surface area contributed by atoms with Crippen molar-refractivity contribution in [1.82, 2.24) is 14.9 Å². The fraction of sp³-hybridized carbons (Fsp3) is 0.200. The van der Waals surface area contributed by atoms with Crippen molar-refractivity contribution >= 4 is 11.7 Å². The Hall–Kier alpha value is -3.55. The Labute approximate surface area is 161 Å². The minimum absolute atomic E-state index is 0.344. The van der Waals surface area contributed by atoms with Crippen LogP contribution < -0.4 is 20.1 Å². The number of anilines is 1. The molecule has 0 saturated heterocycles. The third-order valence-corrected chi connectivity index (χ3v) is 4.40. The van der Waals surface area contributed by atoms with Gasteiger partial charge in [0.1, 0.15) is 30.9 Å². The quantitative estimate of drug-likeness (QED) is 0.726. The summed E-state index contributed by atoms with van der Waals surface area (Å²) < 4.78 is 26.1. The molecule has 1 aliphatic heterocycles. The van der Waals surface area contributed by atoms with Crippen LogP contribution in [0.5, 0.6) is 11.5 Å². The minimum Gasteiger partial charge on any atom is -0.486 e. The molecule has 3 aromatic rings. The molecule has 1 aliphatic rings. The van der Waals surface area contributed by atoms with Gasteiger partial charge in [-0.1, -0.05) is 12.1 Å². The predicted molar refractivity (Wildman–Crippen MR) is 101 cm³/mol. The maximum Gasteiger partial charge on any atom is 0.320 e. The van der Waals surface area contributed by atoms with E-state index in [-0.39, 0.29) is 5.82 Å². The summed E-state index contributed by atoms with van der Waals surface area (Å²) in [5.41, 5.74) is 1.28. The van der Waals surface area contributed by atoms with Crippen LogP contribution >= 0.6 is 0 Å². The molecule has 28 heavy (non-hydrogen) atoms. The third kappa shape index (κ3) is 3.75. The summed E-state index contributed by atoms with van der Waals surface area (Å²) in [4.78, 5) is 17.0. The molecule has 0 radical (unpaired) electrons. The van der Waals surface area contributed by atoms with E-state index in [1.54, 1.807) is 47.3 Å². The first-order valence-electron chi connectivity index (χ1n) is 8.80. The van der Waals surface area contributed by atoms with E-state index in [0.717, 1.165) is 0 Å². The molecular formula is C20H19FN4O3. The summed E-state index contributed by atoms with van der Waals surface area (Å²) in [6.45, 7) is 0.970. The van der Waals surface area contributed by atoms with E-state index in [1.165, 1.54) is 12.1 Å². The van der Waals surface area contributed by atoms with E-state index in [9.17, 15) is 9.18 Å². The number of hydrogen-bond donors (Lipinski definition) is 2. The van der Waals surface area contributed by atoms with E-state index in [0.29, 0.717) is 41.8 Å². The van der Waals surface area contributed by atoms with Crippen molar-refractivity contribution < 1.29 is 18.7 Å². The number of ether oxygens (including phenoxy) is 2. The van der Waals surface area contributed by atoms with Gasteiger partial charge in [0, 0.05) is 31.2 Å². The van der Waals surface area contributed by atoms with Gasteiger partial charge in [0.05, 0.1) is 0 Å². The summed E-state index contributed by atoms with van der Waals surface area (Å²) in [6, 6.07) is 10.2. The smallest absolute Gasteiger partial charge is 0.320 e. The number of aryl methyl sites for hydroxylation is 1. The normalized spacial score (nSPS) is 13.6. The van der Waals surface area contributed by atoms with Crippen LogP contribution in [0.15, 0.2) is 54.9 Å². The molecule has 0 saturated carbocycles. The number of aromatic nitrogens is 2. The lowest BCUT2D eigenvalue weighted by molar-refractivity contribution is 0.171. The molecule has 2 N–H and O–H groups in total. The highest BCUT2D eigenvalue weighted by molar-refractivity contribution is 5.90. The number of carbonyl (C=O) groups is 1. The molecule has 0 spiro atoms. The molecule has 4 rings (SSSR count). The maximum atomic E-state index is 13.3. The zero-order chi connectivity index (χ0) is 19.5. The van der Waals surface area contributed by atoms with Gasteiger partial charge >= 0.3 is 6.03 Å². The predicted octanol–water partition coefficient (Wildman–Crippen LogP) is 3.24. The highest BCUT2D eigenvalue weighted by Crippen LogP contribution is 2.32. The molecule has 1 atom stereocenters. The monoisotopic (exact) mass is 382 g/mol. The number of benzene rings is 2. The first-order valence-corrected chi connectivity index (χ1v) is 8.80. The second-order valence-electron chi connectivity index (χ2n) is 6.34. The van der Waals surface area contributed by atoms with Gasteiger partial charge in [-0.15, -0.1) is 0 Å². The van der Waals surface area contributed by atoms with Crippen LogP contribution in [0.3, 0.4) is 0 Å². The molecule has 144 valence electrons. The third-order valence-electron chi connectivity index (χ3n) is 4.40. The number of imidazole rings is 1. The Morgan fingerprint density at radius 3 is 2.61 bits per heavy atom. The number of carbonyl (C=O) groups excluding carboxylic acids is 1. The van der Waals surface area contributed by atoms with Crippen LogP contribution in [0.1, 0.15) is 17.4 Å². The van der Waals surface area contributed by atoms with Crippen molar-refractivity contribution in [3.63, 3.8) is 0 Å². The molecule has 0 bridgehead atoms. The van der Waals surface area contributed by atoms with Crippen LogP contribution in [0.25, 0.3) is 0 Å². The fourth-order valence-corrected chi connectivity index (χ4v) is 3.03. The lowest BCUT2D eigenvalue weighted by Crippen LogP contribution is -2.34. The largest absolute Gasteiger partial charge is 0.486 e. The fourth-order valence-electron chi connectivity index (χ4n) is 3.03. The average Bonchev–Trinajstić information content (AvgIpc) is 3.12. The SMILES string of the molecule is Cn1ccnc1C(NC(=O)Nc1ccc2c(c1)OCCO2)c1ccc(F)cc1. The van der Waals surface area contributed by atoms with Crippen molar-refractivity contribution in [3.8, 4) is 11.5 Å². The van der Waals surface area contributed by atoms with Crippen molar-refractivity contribution in [1.29, 1.82) is 0 Å². The number of halogens is 1. The van der Waals surface area contributed by atoms with Gasteiger partial charge in [0.25, 0.3) is 0 Å². The molecular weight excluding hydrogens is 363 g/mol. The first-order chi connectivity index (χ1) is 13.6. The molecule has 8 heteroatoms. The Balaban J connectivity index is 1.54. The Kier molecular flexibility index (Phi) is 4.84. The summed E-state index contributed by atoms with van der Waals surface area (Å²) in [7, 11) is 1.83. The Morgan fingerprint density at radius 1 is 1.14 bits per heavy atom. The lowest BCUT2D eigenvalue weighted by atomic mass is 10.1. The Bertz CT molecular complexity index is 987. The number of nitrogens with zero attached hydrogens (tertiary/aromatic N) is 2. The minimum atomic E-state index is -0.544. The van der Waals surface area contributed by atoms with E-state index in [4.69, 9.17) is 9.47 Å². The van der Waals surface area contributed by atoms with Crippen molar-refractivity contribution in [2.24, 2.45) is 7.05 Å². The van der Waals surface area contributed by atoms with Gasteiger partial charge in [0.15, 0.2) is 11.5 Å². The van der Waals surface area contributed by atoms with E-state index in [2.05, 4.69) is 15.6 Å². The number of hydrogen-bond acceptors (Lipinski definition) is 4. The van der Waals surface area contributed by atoms with Crippen LogP contribution in [0.2, 0.25) is 0 Å². The number of amides is 2. The van der Waals surface area contributed by atoms with Crippen LogP contribution in [0, 0.1) is 5.82 Å². The van der Waals surface area contributed by atoms with Gasteiger partial charge in [-0.2, -0.15) is 0 Å². The highest BCUT2D eigenvalue weighted by atomic mass is 19.1. The van der Waals surface area contributed by atoms with Crippen LogP contribution in [0.4, 0.5) is 14.9 Å². The number of rotatable bonds is 4. The molecule has 7 nitrogen and oxygen atoms in total. The number of nitrogens with one attached hydrogen (secondary N) is 2. The first kappa shape index (κ1) is 17.8. The number of fused-ring (bicyclic) bond motifs is 1. The van der Waals surface area contributed by atoms with Crippen LogP contribution in [-0.2, 0) is 7.05 Å². The summed E-state index contributed by atoms with van der Waals surface area (Å²) in [5.74, 6) is 1.52. The van der Waals surface area contributed by atoms with Gasteiger partial charge < -0.3 is 24.7 Å². The summed E-state index contributed by atoms with van der Waals surface area (Å²) >= 11 is 0. The van der Waals surface area contributed by atoms with E-state index in [1.807, 2.05) is 7.05 Å². The van der Waals surface area contributed by atoms with Gasteiger partial charge in [-0.05, 0) is 29.8 Å². The molecule has 1 aromatic heterocycles. The van der Waals surface area contributed by atoms with Crippen LogP contribution in [-0.4, -0.2) is 28.8 Å². The zero-order valence-electron chi connectivity index (χ0n) is 15.2. The molecule has 0 aliphatic carbocycles. The second kappa shape index (κ2) is 7.59. The van der Waals surface area contributed by atoms with E-state index >= 15 is 0 Å². The van der Waals surface area contributed by atoms with Crippen molar-refractivity contribution in [3.05, 3.63) is 72.1 Å². The summed E-state index contributed by atoms with van der Waals surface area (Å²) in [6.07, 6.45) is 3.43. The van der Waals surface area contributed by atoms with Gasteiger partial charge in [-0.25, -0.2) is 14.2 Å². The van der Waals surface area contributed by atoms with E-state index < -0.39 is 12.1 Å². The topological polar surface area (TPSA) is 77.4 Å². The van der Waals surface area contributed by atoms with Crippen molar-refractivity contribution in [2.45, 2.75) is 6.04 Å². The lowest BCUT2D eigenvalue weighted by Gasteiger charge is -2.21. The average molecular weight is 382 g/mol. The summed E-state index contributed by atoms with van der Waals surface area (Å²) in [5, 5.41) is 5.69. The second-order valence-corrected chi connectivity index (χ2v) is 6.34. The molecule has 2 amide bonds. The Morgan fingerprint density at radius 2 is 1.89 bits per heavy atom. The molecule has 0 fully saturated rings. The number of urea groups is 1. The maximum absolute atomic E-state index is 13.3. The molecule has 1 unspecified atom stereocenters. The van der Waals surface area contributed by atoms with Crippen molar-refractivity contribution in [2.75, 3.05) is 18.5 Å².